The van der Waals surface area contributed by atoms with Crippen molar-refractivity contribution < 1.29 is 9.53 Å². The summed E-state index contributed by atoms with van der Waals surface area (Å²) >= 11 is 0. The van der Waals surface area contributed by atoms with Crippen LogP contribution in [-0.4, -0.2) is 13.4 Å². The van der Waals surface area contributed by atoms with Gasteiger partial charge in [-0.05, 0) is 24.3 Å². The Morgan fingerprint density at radius 3 is 2.00 bits per heavy atom. The summed E-state index contributed by atoms with van der Waals surface area (Å²) in [5, 5.41) is 0. The average molecular weight is 209 g/mol. The first-order chi connectivity index (χ1) is 4.86. The maximum absolute atomic E-state index is 10.2. The van der Waals surface area contributed by atoms with Gasteiger partial charge in [0.1, 0.15) is 12.0 Å². The Balaban J connectivity index is 0. The van der Waals surface area contributed by atoms with Crippen LogP contribution in [0.15, 0.2) is 24.3 Å². The number of rotatable bonds is 2. The fraction of sp³-hybridized carbons (Fsp3) is 0.125. The molecule has 68 valence electrons. The quantitative estimate of drug-likeness (QED) is 0.698. The largest absolute Gasteiger partial charge is 0.497 e. The first-order valence-corrected chi connectivity index (χ1v) is 2.96. The van der Waals surface area contributed by atoms with Crippen LogP contribution in [0.1, 0.15) is 10.4 Å². The average Bonchev–Trinajstić information content (AvgIpc) is 2.05. The summed E-state index contributed by atoms with van der Waals surface area (Å²) in [5.74, 6) is 0.769. The first-order valence-electron chi connectivity index (χ1n) is 2.96. The molecular weight excluding hydrogens is 199 g/mol. The van der Waals surface area contributed by atoms with Crippen LogP contribution in [0.3, 0.4) is 0 Å². The van der Waals surface area contributed by atoms with E-state index < -0.39 is 0 Å². The van der Waals surface area contributed by atoms with Crippen molar-refractivity contribution in [1.29, 1.82) is 0 Å². The van der Waals surface area contributed by atoms with Gasteiger partial charge >= 0.3 is 0 Å². The highest BCUT2D eigenvalue weighted by Gasteiger charge is 1.89. The zero-order chi connectivity index (χ0) is 7.40. The zero-order valence-corrected chi connectivity index (χ0v) is 8.15. The van der Waals surface area contributed by atoms with Gasteiger partial charge in [-0.3, -0.25) is 4.79 Å². The van der Waals surface area contributed by atoms with Crippen LogP contribution in [0.4, 0.5) is 0 Å². The summed E-state index contributed by atoms with van der Waals surface area (Å²) in [6, 6.07) is 6.94. The van der Waals surface area contributed by atoms with E-state index in [4.69, 9.17) is 4.74 Å². The van der Waals surface area contributed by atoms with Crippen LogP contribution in [0, 0.1) is 0 Å². The fourth-order valence-corrected chi connectivity index (χ4v) is 0.682. The Morgan fingerprint density at radius 2 is 1.67 bits per heavy atom. The minimum absolute atomic E-state index is 0. The SMILES string of the molecule is COc1ccc(C=O)cc1.Cl.Cl. The number of carbonyl (C=O) groups is 1. The standard InChI is InChI=1S/C8H8O2.2ClH/c1-10-8-4-2-7(6-9)3-5-8;;/h2-6H,1H3;2*1H. The molecule has 0 aliphatic rings. The van der Waals surface area contributed by atoms with Crippen LogP contribution in [0.2, 0.25) is 0 Å². The number of hydrogen-bond donors (Lipinski definition) is 0. The Kier molecular flexibility index (Phi) is 8.01. The number of methoxy groups -OCH3 is 1. The van der Waals surface area contributed by atoms with Crippen molar-refractivity contribution in [3.63, 3.8) is 0 Å². The van der Waals surface area contributed by atoms with Crippen molar-refractivity contribution in [1.82, 2.24) is 0 Å². The molecule has 0 atom stereocenters. The third kappa shape index (κ3) is 3.60. The van der Waals surface area contributed by atoms with Crippen molar-refractivity contribution >= 4 is 31.1 Å². The van der Waals surface area contributed by atoms with Gasteiger partial charge in [-0.25, -0.2) is 0 Å². The molecular formula is C8H10Cl2O2. The van der Waals surface area contributed by atoms with Crippen LogP contribution >= 0.6 is 24.8 Å². The lowest BCUT2D eigenvalue weighted by molar-refractivity contribution is 0.112. The van der Waals surface area contributed by atoms with Gasteiger partial charge in [0.05, 0.1) is 7.11 Å². The predicted octanol–water partition coefficient (Wildman–Crippen LogP) is 2.35. The second-order valence-corrected chi connectivity index (χ2v) is 1.89. The summed E-state index contributed by atoms with van der Waals surface area (Å²) in [7, 11) is 1.59. The summed E-state index contributed by atoms with van der Waals surface area (Å²) in [5.41, 5.74) is 0.667. The Bertz CT molecular complexity index is 221. The highest BCUT2D eigenvalue weighted by molar-refractivity contribution is 5.85. The Hall–Kier alpha value is -0.730. The minimum Gasteiger partial charge on any atom is -0.497 e. The minimum atomic E-state index is 0. The van der Waals surface area contributed by atoms with Crippen molar-refractivity contribution in [3.05, 3.63) is 29.8 Å². The van der Waals surface area contributed by atoms with Crippen LogP contribution in [0.5, 0.6) is 5.75 Å². The molecule has 2 nitrogen and oxygen atoms in total. The van der Waals surface area contributed by atoms with Gasteiger partial charge in [0.2, 0.25) is 0 Å². The maximum Gasteiger partial charge on any atom is 0.150 e. The van der Waals surface area contributed by atoms with Crippen LogP contribution in [0.25, 0.3) is 0 Å². The van der Waals surface area contributed by atoms with E-state index in [0.29, 0.717) is 5.56 Å². The van der Waals surface area contributed by atoms with Gasteiger partial charge in [-0.15, -0.1) is 24.8 Å². The zero-order valence-electron chi connectivity index (χ0n) is 6.52. The molecule has 0 amide bonds. The van der Waals surface area contributed by atoms with Gasteiger partial charge in [0.15, 0.2) is 0 Å². The molecule has 0 fully saturated rings. The molecule has 0 saturated carbocycles. The molecule has 12 heavy (non-hydrogen) atoms. The normalized spacial score (nSPS) is 7.42. The number of benzene rings is 1. The molecule has 0 aliphatic carbocycles. The molecule has 0 aromatic heterocycles. The van der Waals surface area contributed by atoms with E-state index in [1.54, 1.807) is 31.4 Å². The molecule has 0 bridgehead atoms. The van der Waals surface area contributed by atoms with Crippen LogP contribution in [-0.2, 0) is 0 Å². The van der Waals surface area contributed by atoms with Crippen LogP contribution < -0.4 is 4.74 Å². The van der Waals surface area contributed by atoms with E-state index in [0.717, 1.165) is 12.0 Å². The second kappa shape index (κ2) is 6.95. The molecule has 0 aliphatic heterocycles. The lowest BCUT2D eigenvalue weighted by Gasteiger charge is -1.96. The van der Waals surface area contributed by atoms with E-state index in [2.05, 4.69) is 0 Å². The predicted molar refractivity (Wildman–Crippen MR) is 52.9 cm³/mol. The van der Waals surface area contributed by atoms with E-state index in [9.17, 15) is 4.79 Å². The first kappa shape index (κ1) is 13.8. The number of halogens is 2. The van der Waals surface area contributed by atoms with E-state index in [-0.39, 0.29) is 24.8 Å². The fourth-order valence-electron chi connectivity index (χ4n) is 0.682. The summed E-state index contributed by atoms with van der Waals surface area (Å²) in [6.07, 6.45) is 0.805. The number of ether oxygens (including phenoxy) is 1. The van der Waals surface area contributed by atoms with Crippen molar-refractivity contribution in [2.45, 2.75) is 0 Å². The molecule has 0 N–H and O–H groups in total. The molecule has 0 heterocycles. The Morgan fingerprint density at radius 1 is 1.17 bits per heavy atom. The van der Waals surface area contributed by atoms with Gasteiger partial charge in [-0.1, -0.05) is 0 Å². The highest BCUT2D eigenvalue weighted by atomic mass is 35.5. The molecule has 1 aromatic carbocycles. The molecule has 0 unspecified atom stereocenters. The van der Waals surface area contributed by atoms with Gasteiger partial charge in [0.25, 0.3) is 0 Å². The second-order valence-electron chi connectivity index (χ2n) is 1.89. The third-order valence-electron chi connectivity index (χ3n) is 1.25. The number of aldehydes is 1. The van der Waals surface area contributed by atoms with Crippen molar-refractivity contribution in [2.24, 2.45) is 0 Å². The van der Waals surface area contributed by atoms with Gasteiger partial charge in [0, 0.05) is 5.56 Å². The van der Waals surface area contributed by atoms with Gasteiger partial charge in [-0.2, -0.15) is 0 Å². The van der Waals surface area contributed by atoms with E-state index in [1.165, 1.54) is 0 Å². The lowest BCUT2D eigenvalue weighted by atomic mass is 10.2. The van der Waals surface area contributed by atoms with E-state index in [1.807, 2.05) is 0 Å². The number of carbonyl (C=O) groups excluding carboxylic acids is 1. The smallest absolute Gasteiger partial charge is 0.150 e. The maximum atomic E-state index is 10.2. The summed E-state index contributed by atoms with van der Waals surface area (Å²) in [6.45, 7) is 0. The highest BCUT2D eigenvalue weighted by Crippen LogP contribution is 2.09. The molecule has 0 radical (unpaired) electrons. The third-order valence-corrected chi connectivity index (χ3v) is 1.25. The molecule has 4 heteroatoms. The number of hydrogen-bond acceptors (Lipinski definition) is 2. The van der Waals surface area contributed by atoms with Crippen molar-refractivity contribution in [2.75, 3.05) is 7.11 Å². The van der Waals surface area contributed by atoms with Crippen molar-refractivity contribution in [3.8, 4) is 5.75 Å². The molecule has 0 spiro atoms. The topological polar surface area (TPSA) is 26.3 Å². The molecule has 0 saturated heterocycles. The monoisotopic (exact) mass is 208 g/mol. The molecule has 1 rings (SSSR count). The Labute approximate surface area is 83.7 Å². The lowest BCUT2D eigenvalue weighted by Crippen LogP contribution is -1.82. The summed E-state index contributed by atoms with van der Waals surface area (Å²) in [4.78, 5) is 10.2. The summed E-state index contributed by atoms with van der Waals surface area (Å²) < 4.78 is 4.90. The molecule has 1 aromatic rings. The van der Waals surface area contributed by atoms with E-state index >= 15 is 0 Å². The van der Waals surface area contributed by atoms with Gasteiger partial charge < -0.3 is 4.74 Å².